The fourth-order valence-electron chi connectivity index (χ4n) is 5.05. The van der Waals surface area contributed by atoms with Gasteiger partial charge < -0.3 is 20.3 Å². The molecule has 3 fully saturated rings. The van der Waals surface area contributed by atoms with Gasteiger partial charge in [0.25, 0.3) is 0 Å². The molecule has 1 aromatic carbocycles. The Hall–Kier alpha value is -2.78. The molecule has 3 atom stereocenters. The minimum Gasteiger partial charge on any atom is -0.446 e. The first-order chi connectivity index (χ1) is 17.6. The number of amides is 3. The zero-order valence-electron chi connectivity index (χ0n) is 20.9. The summed E-state index contributed by atoms with van der Waals surface area (Å²) in [5.74, 6) is -0.276. The van der Waals surface area contributed by atoms with E-state index in [2.05, 4.69) is 20.8 Å². The fraction of sp³-hybridized carbons (Fsp3) is 0.538. The third kappa shape index (κ3) is 5.57. The highest BCUT2D eigenvalue weighted by Gasteiger charge is 2.40. The summed E-state index contributed by atoms with van der Waals surface area (Å²) in [5, 5.41) is 13.6. The minimum absolute atomic E-state index is 0.0156. The van der Waals surface area contributed by atoms with E-state index in [0.717, 1.165) is 37.8 Å². The number of halogens is 2. The first-order valence-corrected chi connectivity index (χ1v) is 13.5. The van der Waals surface area contributed by atoms with E-state index in [1.807, 2.05) is 13.0 Å². The number of nitrogens with one attached hydrogen (secondary N) is 3. The van der Waals surface area contributed by atoms with Crippen LogP contribution in [-0.4, -0.2) is 46.3 Å². The average molecular weight is 548 g/mol. The number of alkyl carbamates (subject to hydrolysis) is 1. The summed E-state index contributed by atoms with van der Waals surface area (Å²) >= 11 is 13.0. The molecule has 3 unspecified atom stereocenters. The second-order valence-electron chi connectivity index (χ2n) is 10.6. The van der Waals surface area contributed by atoms with Crippen LogP contribution in [0.5, 0.6) is 0 Å². The van der Waals surface area contributed by atoms with E-state index in [1.54, 1.807) is 24.0 Å². The Kier molecular flexibility index (Phi) is 7.11. The average Bonchev–Trinajstić information content (AvgIpc) is 3.26. The van der Waals surface area contributed by atoms with Gasteiger partial charge in [-0.1, -0.05) is 29.3 Å². The van der Waals surface area contributed by atoms with Crippen molar-refractivity contribution in [3.05, 3.63) is 39.5 Å². The molecule has 1 aromatic heterocycles. The lowest BCUT2D eigenvalue weighted by atomic mass is 9.99. The molecule has 9 nitrogen and oxygen atoms in total. The number of benzene rings is 1. The predicted molar refractivity (Wildman–Crippen MR) is 141 cm³/mol. The number of anilines is 2. The van der Waals surface area contributed by atoms with Gasteiger partial charge in [0.2, 0.25) is 11.8 Å². The summed E-state index contributed by atoms with van der Waals surface area (Å²) in [5.41, 5.74) is 1.93. The van der Waals surface area contributed by atoms with E-state index >= 15 is 0 Å². The third-order valence-corrected chi connectivity index (χ3v) is 8.55. The highest BCUT2D eigenvalue weighted by Crippen LogP contribution is 2.40. The van der Waals surface area contributed by atoms with Crippen molar-refractivity contribution in [3.8, 4) is 0 Å². The smallest absolute Gasteiger partial charge is 0.407 e. The molecule has 2 aliphatic carbocycles. The van der Waals surface area contributed by atoms with Crippen molar-refractivity contribution in [3.63, 3.8) is 0 Å². The lowest BCUT2D eigenvalue weighted by Crippen LogP contribution is -2.36. The lowest BCUT2D eigenvalue weighted by Gasteiger charge is -2.21. The maximum absolute atomic E-state index is 13.0. The molecule has 0 radical (unpaired) electrons. The van der Waals surface area contributed by atoms with Gasteiger partial charge in [0.1, 0.15) is 6.10 Å². The van der Waals surface area contributed by atoms with Crippen LogP contribution in [-0.2, 0) is 14.3 Å². The Morgan fingerprint density at radius 2 is 2.03 bits per heavy atom. The molecule has 2 heterocycles. The van der Waals surface area contributed by atoms with Crippen LogP contribution in [0.3, 0.4) is 0 Å². The van der Waals surface area contributed by atoms with Crippen molar-refractivity contribution >= 4 is 52.6 Å². The Morgan fingerprint density at radius 1 is 1.24 bits per heavy atom. The van der Waals surface area contributed by atoms with Crippen LogP contribution in [0.15, 0.2) is 18.2 Å². The molecule has 198 valence electrons. The quantitative estimate of drug-likeness (QED) is 0.423. The number of aromatic amines is 1. The van der Waals surface area contributed by atoms with Crippen molar-refractivity contribution in [1.82, 2.24) is 15.5 Å². The number of nitrogens with zero attached hydrogens (tertiary/aromatic N) is 2. The van der Waals surface area contributed by atoms with Crippen LogP contribution < -0.4 is 15.5 Å². The highest BCUT2D eigenvalue weighted by molar-refractivity contribution is 6.44. The van der Waals surface area contributed by atoms with Gasteiger partial charge in [-0.15, -0.1) is 0 Å². The summed E-state index contributed by atoms with van der Waals surface area (Å²) in [7, 11) is 0. The molecule has 11 heteroatoms. The molecule has 3 aliphatic rings. The lowest BCUT2D eigenvalue weighted by molar-refractivity contribution is -0.118. The summed E-state index contributed by atoms with van der Waals surface area (Å²) in [6.07, 6.45) is 5.10. The van der Waals surface area contributed by atoms with Gasteiger partial charge in [-0.05, 0) is 64.0 Å². The van der Waals surface area contributed by atoms with Crippen LogP contribution in [0.1, 0.15) is 81.9 Å². The number of carbonyl (C=O) groups is 3. The Morgan fingerprint density at radius 3 is 2.73 bits per heavy atom. The summed E-state index contributed by atoms with van der Waals surface area (Å²) < 4.78 is 5.60. The maximum Gasteiger partial charge on any atom is 0.407 e. The van der Waals surface area contributed by atoms with Crippen LogP contribution >= 0.6 is 23.2 Å². The van der Waals surface area contributed by atoms with Gasteiger partial charge in [-0.3, -0.25) is 14.7 Å². The van der Waals surface area contributed by atoms with E-state index in [0.29, 0.717) is 36.5 Å². The molecule has 3 amide bonds. The van der Waals surface area contributed by atoms with Crippen molar-refractivity contribution in [2.75, 3.05) is 16.8 Å². The third-order valence-electron chi connectivity index (χ3n) is 7.67. The Bertz CT molecular complexity index is 1230. The van der Waals surface area contributed by atoms with Crippen LogP contribution in [0.2, 0.25) is 10.0 Å². The molecule has 2 saturated carbocycles. The minimum atomic E-state index is -0.593. The molecule has 1 aliphatic heterocycles. The SMILES string of the molecule is CC(C(=O)Nc1cc(C2CCC(OC(=O)NC3(C)CC3)C2)[nH]n1)c1ccc(N2CCCC2=O)c(Cl)c1Cl. The Labute approximate surface area is 225 Å². The van der Waals surface area contributed by atoms with Crippen molar-refractivity contribution in [2.24, 2.45) is 0 Å². The van der Waals surface area contributed by atoms with E-state index in [9.17, 15) is 14.4 Å². The zero-order chi connectivity index (χ0) is 26.3. The fourth-order valence-corrected chi connectivity index (χ4v) is 5.65. The van der Waals surface area contributed by atoms with Crippen molar-refractivity contribution < 1.29 is 19.1 Å². The molecular formula is C26H31Cl2N5O4. The molecule has 0 bridgehead atoms. The largest absolute Gasteiger partial charge is 0.446 e. The van der Waals surface area contributed by atoms with Gasteiger partial charge in [0.05, 0.1) is 21.7 Å². The predicted octanol–water partition coefficient (Wildman–Crippen LogP) is 5.50. The van der Waals surface area contributed by atoms with E-state index in [1.165, 1.54) is 0 Å². The van der Waals surface area contributed by atoms with Crippen LogP contribution in [0.25, 0.3) is 0 Å². The van der Waals surface area contributed by atoms with Gasteiger partial charge in [0, 0.05) is 36.2 Å². The summed E-state index contributed by atoms with van der Waals surface area (Å²) in [4.78, 5) is 38.8. The first-order valence-electron chi connectivity index (χ1n) is 12.8. The normalized spacial score (nSPS) is 23.1. The van der Waals surface area contributed by atoms with E-state index in [-0.39, 0.29) is 45.5 Å². The van der Waals surface area contributed by atoms with Crippen LogP contribution in [0.4, 0.5) is 16.3 Å². The summed E-state index contributed by atoms with van der Waals surface area (Å²) in [6, 6.07) is 5.31. The Balaban J connectivity index is 1.18. The number of carbonyl (C=O) groups excluding carboxylic acids is 3. The van der Waals surface area contributed by atoms with Crippen molar-refractivity contribution in [1.29, 1.82) is 0 Å². The van der Waals surface area contributed by atoms with E-state index in [4.69, 9.17) is 27.9 Å². The number of hydrogen-bond donors (Lipinski definition) is 3. The van der Waals surface area contributed by atoms with Gasteiger partial charge in [-0.2, -0.15) is 5.10 Å². The number of ether oxygens (including phenoxy) is 1. The first kappa shape index (κ1) is 25.9. The second-order valence-corrected chi connectivity index (χ2v) is 11.3. The number of H-pyrrole nitrogens is 1. The second kappa shape index (κ2) is 10.2. The molecule has 5 rings (SSSR count). The topological polar surface area (TPSA) is 116 Å². The zero-order valence-corrected chi connectivity index (χ0v) is 22.4. The molecule has 1 saturated heterocycles. The molecular weight excluding hydrogens is 517 g/mol. The monoisotopic (exact) mass is 547 g/mol. The molecule has 2 aromatic rings. The van der Waals surface area contributed by atoms with Gasteiger partial charge in [-0.25, -0.2) is 4.79 Å². The van der Waals surface area contributed by atoms with E-state index < -0.39 is 5.92 Å². The standard InChI is InChI=1S/C26H31Cl2N5O4/c1-14(17-7-8-19(23(28)22(17)27)33-11-3-4-21(33)34)24(35)29-20-13-18(31-32-20)15-5-6-16(12-15)37-25(36)30-26(2)9-10-26/h7-8,13-16H,3-6,9-12H2,1-2H3,(H,30,36)(H2,29,31,32,35). The molecule has 0 spiro atoms. The van der Waals surface area contributed by atoms with Crippen molar-refractivity contribution in [2.45, 2.75) is 82.3 Å². The maximum atomic E-state index is 13.0. The van der Waals surface area contributed by atoms with Gasteiger partial charge in [0.15, 0.2) is 5.82 Å². The number of hydrogen-bond acceptors (Lipinski definition) is 5. The van der Waals surface area contributed by atoms with Gasteiger partial charge >= 0.3 is 6.09 Å². The molecule has 37 heavy (non-hydrogen) atoms. The molecule has 3 N–H and O–H groups in total. The number of rotatable bonds is 7. The van der Waals surface area contributed by atoms with Crippen LogP contribution in [0, 0.1) is 0 Å². The number of aromatic nitrogens is 2. The highest BCUT2D eigenvalue weighted by atomic mass is 35.5. The summed E-state index contributed by atoms with van der Waals surface area (Å²) in [6.45, 7) is 4.36.